The van der Waals surface area contributed by atoms with Gasteiger partial charge in [-0.15, -0.1) is 5.10 Å². The van der Waals surface area contributed by atoms with Crippen LogP contribution in [0.1, 0.15) is 10.4 Å². The number of carbonyl (C=O) groups is 1. The van der Waals surface area contributed by atoms with Crippen molar-refractivity contribution in [3.05, 3.63) is 28.8 Å². The first-order chi connectivity index (χ1) is 9.83. The van der Waals surface area contributed by atoms with Crippen LogP contribution in [0.4, 0.5) is 5.95 Å². The number of benzene rings is 1. The third kappa shape index (κ3) is 3.23. The number of aromatic nitrogens is 3. The van der Waals surface area contributed by atoms with E-state index in [0.717, 1.165) is 18.2 Å². The van der Waals surface area contributed by atoms with Crippen molar-refractivity contribution < 1.29 is 23.1 Å². The Balaban J connectivity index is 2.31. The molecular formula is C10H9ClN4O5S. The second-order valence-electron chi connectivity index (χ2n) is 3.72. The lowest BCUT2D eigenvalue weighted by Crippen LogP contribution is -2.14. The number of anilines is 1. The minimum atomic E-state index is -3.99. The number of sulfonamides is 1. The number of carboxylic acid groups (broad SMARTS) is 1. The van der Waals surface area contributed by atoms with Crippen molar-refractivity contribution >= 4 is 33.5 Å². The lowest BCUT2D eigenvalue weighted by molar-refractivity contribution is 0.0697. The topological polar surface area (TPSA) is 134 Å². The van der Waals surface area contributed by atoms with Crippen molar-refractivity contribution in [2.45, 2.75) is 4.90 Å². The monoisotopic (exact) mass is 332 g/mol. The van der Waals surface area contributed by atoms with Crippen molar-refractivity contribution in [3.8, 4) is 6.01 Å². The Morgan fingerprint density at radius 2 is 2.19 bits per heavy atom. The highest BCUT2D eigenvalue weighted by atomic mass is 35.5. The number of carboxylic acids is 1. The van der Waals surface area contributed by atoms with Gasteiger partial charge < -0.3 is 9.84 Å². The Bertz CT molecular complexity index is 788. The van der Waals surface area contributed by atoms with Gasteiger partial charge in [0.25, 0.3) is 10.0 Å². The minimum Gasteiger partial charge on any atom is -0.478 e. The van der Waals surface area contributed by atoms with Crippen molar-refractivity contribution in [2.75, 3.05) is 11.8 Å². The highest BCUT2D eigenvalue weighted by Crippen LogP contribution is 2.22. The predicted molar refractivity (Wildman–Crippen MR) is 72.2 cm³/mol. The molecule has 0 unspecified atom stereocenters. The molecule has 0 fully saturated rings. The zero-order valence-corrected chi connectivity index (χ0v) is 12.1. The van der Waals surface area contributed by atoms with Crippen LogP contribution in [0.15, 0.2) is 23.1 Å². The fraction of sp³-hybridized carbons (Fsp3) is 0.100. The summed E-state index contributed by atoms with van der Waals surface area (Å²) in [4.78, 5) is 14.3. The molecule has 9 nitrogen and oxygen atoms in total. The molecule has 2 rings (SSSR count). The van der Waals surface area contributed by atoms with E-state index in [4.69, 9.17) is 21.4 Å². The van der Waals surface area contributed by atoms with Crippen LogP contribution in [-0.2, 0) is 10.0 Å². The Kier molecular flexibility index (Phi) is 4.00. The van der Waals surface area contributed by atoms with Crippen molar-refractivity contribution in [1.29, 1.82) is 0 Å². The van der Waals surface area contributed by atoms with Gasteiger partial charge in [-0.3, -0.25) is 0 Å². The molecule has 1 heterocycles. The van der Waals surface area contributed by atoms with Crippen LogP contribution in [0.2, 0.25) is 5.02 Å². The van der Waals surface area contributed by atoms with E-state index in [1.165, 1.54) is 7.11 Å². The summed E-state index contributed by atoms with van der Waals surface area (Å²) in [6.07, 6.45) is 0. The van der Waals surface area contributed by atoms with E-state index in [1.807, 2.05) is 0 Å². The third-order valence-corrected chi connectivity index (χ3v) is 4.01. The highest BCUT2D eigenvalue weighted by molar-refractivity contribution is 7.92. The summed E-state index contributed by atoms with van der Waals surface area (Å²) in [7, 11) is -2.66. The number of hydrogen-bond acceptors (Lipinski definition) is 6. The summed E-state index contributed by atoms with van der Waals surface area (Å²) in [6.45, 7) is 0. The van der Waals surface area contributed by atoms with Gasteiger partial charge >= 0.3 is 12.0 Å². The smallest absolute Gasteiger partial charge is 0.337 e. The SMILES string of the molecule is COc1n[nH]c(NS(=O)(=O)c2ccc(C(=O)O)c(Cl)c2)n1. The first-order valence-electron chi connectivity index (χ1n) is 5.35. The molecule has 1 aromatic heterocycles. The van der Waals surface area contributed by atoms with Gasteiger partial charge in [0.2, 0.25) is 5.95 Å². The molecule has 0 bridgehead atoms. The maximum absolute atomic E-state index is 12.1. The van der Waals surface area contributed by atoms with Crippen LogP contribution in [0, 0.1) is 0 Å². The van der Waals surface area contributed by atoms with Crippen LogP contribution < -0.4 is 9.46 Å². The van der Waals surface area contributed by atoms with Gasteiger partial charge in [0, 0.05) is 0 Å². The molecular weight excluding hydrogens is 324 g/mol. The summed E-state index contributed by atoms with van der Waals surface area (Å²) >= 11 is 5.73. The summed E-state index contributed by atoms with van der Waals surface area (Å²) < 4.78 is 31.0. The van der Waals surface area contributed by atoms with Crippen LogP contribution in [0.25, 0.3) is 0 Å². The summed E-state index contributed by atoms with van der Waals surface area (Å²) in [5.74, 6) is -1.40. The van der Waals surface area contributed by atoms with Crippen LogP contribution in [-0.4, -0.2) is 41.8 Å². The maximum atomic E-state index is 12.1. The molecule has 0 amide bonds. The number of aromatic carboxylic acids is 1. The van der Waals surface area contributed by atoms with Crippen molar-refractivity contribution in [2.24, 2.45) is 0 Å². The molecule has 0 saturated heterocycles. The summed E-state index contributed by atoms with van der Waals surface area (Å²) in [6, 6.07) is 3.21. The van der Waals surface area contributed by atoms with Gasteiger partial charge in [0.15, 0.2) is 0 Å². The van der Waals surface area contributed by atoms with Crippen LogP contribution >= 0.6 is 11.6 Å². The highest BCUT2D eigenvalue weighted by Gasteiger charge is 2.19. The average molecular weight is 333 g/mol. The summed E-state index contributed by atoms with van der Waals surface area (Å²) in [5.41, 5.74) is -0.197. The van der Waals surface area contributed by atoms with Gasteiger partial charge in [-0.2, -0.15) is 4.98 Å². The molecule has 0 atom stereocenters. The number of nitrogens with one attached hydrogen (secondary N) is 2. The number of rotatable bonds is 5. The molecule has 0 aliphatic heterocycles. The van der Waals surface area contributed by atoms with E-state index in [2.05, 4.69) is 19.9 Å². The van der Waals surface area contributed by atoms with Gasteiger partial charge in [0.1, 0.15) is 0 Å². The normalized spacial score (nSPS) is 11.1. The number of nitrogens with zero attached hydrogens (tertiary/aromatic N) is 2. The van der Waals surface area contributed by atoms with Gasteiger partial charge in [-0.05, 0) is 18.2 Å². The molecule has 3 N–H and O–H groups in total. The second-order valence-corrected chi connectivity index (χ2v) is 5.81. The van der Waals surface area contributed by atoms with E-state index < -0.39 is 16.0 Å². The van der Waals surface area contributed by atoms with E-state index in [1.54, 1.807) is 0 Å². The van der Waals surface area contributed by atoms with Crippen LogP contribution in [0.3, 0.4) is 0 Å². The Morgan fingerprint density at radius 1 is 1.48 bits per heavy atom. The number of hydrogen-bond donors (Lipinski definition) is 3. The molecule has 112 valence electrons. The maximum Gasteiger partial charge on any atom is 0.337 e. The molecule has 2 aromatic rings. The van der Waals surface area contributed by atoms with E-state index in [9.17, 15) is 13.2 Å². The standard InChI is InChI=1S/C10H9ClN4O5S/c1-20-10-12-9(13-14-10)15-21(18,19)5-2-3-6(8(16)17)7(11)4-5/h2-4H,1H3,(H,16,17)(H2,12,13,14,15). The van der Waals surface area contributed by atoms with E-state index in [0.29, 0.717) is 0 Å². The lowest BCUT2D eigenvalue weighted by Gasteiger charge is -2.06. The third-order valence-electron chi connectivity index (χ3n) is 2.36. The van der Waals surface area contributed by atoms with Gasteiger partial charge in [-0.25, -0.2) is 23.0 Å². The number of H-pyrrole nitrogens is 1. The lowest BCUT2D eigenvalue weighted by atomic mass is 10.2. The molecule has 0 saturated carbocycles. The predicted octanol–water partition coefficient (Wildman–Crippen LogP) is 0.966. The molecule has 0 aliphatic carbocycles. The van der Waals surface area contributed by atoms with E-state index >= 15 is 0 Å². The zero-order valence-electron chi connectivity index (χ0n) is 10.5. The molecule has 21 heavy (non-hydrogen) atoms. The number of methoxy groups -OCH3 is 1. The average Bonchev–Trinajstić information content (AvgIpc) is 2.85. The van der Waals surface area contributed by atoms with E-state index in [-0.39, 0.29) is 27.4 Å². The molecule has 11 heteroatoms. The largest absolute Gasteiger partial charge is 0.478 e. The first-order valence-corrected chi connectivity index (χ1v) is 7.21. The van der Waals surface area contributed by atoms with Crippen molar-refractivity contribution in [3.63, 3.8) is 0 Å². The minimum absolute atomic E-state index is 0.0352. The van der Waals surface area contributed by atoms with Crippen LogP contribution in [0.5, 0.6) is 6.01 Å². The molecule has 1 aromatic carbocycles. The molecule has 0 spiro atoms. The number of ether oxygens (including phenoxy) is 1. The van der Waals surface area contributed by atoms with Gasteiger partial charge in [0.05, 0.1) is 22.6 Å². The molecule has 0 radical (unpaired) electrons. The second kappa shape index (κ2) is 5.58. The molecule has 0 aliphatic rings. The summed E-state index contributed by atoms with van der Waals surface area (Å²) in [5, 5.41) is 14.5. The zero-order chi connectivity index (χ0) is 15.6. The Labute approximate surface area is 124 Å². The Hall–Kier alpha value is -2.33. The number of halogens is 1. The van der Waals surface area contributed by atoms with Gasteiger partial charge in [-0.1, -0.05) is 11.6 Å². The van der Waals surface area contributed by atoms with Crippen molar-refractivity contribution in [1.82, 2.24) is 15.2 Å². The number of aromatic amines is 1. The fourth-order valence-corrected chi connectivity index (χ4v) is 2.72. The first kappa shape index (κ1) is 15.1. The fourth-order valence-electron chi connectivity index (χ4n) is 1.41. The Morgan fingerprint density at radius 3 is 2.71 bits per heavy atom. The quantitative estimate of drug-likeness (QED) is 0.742.